The zero-order valence-electron chi connectivity index (χ0n) is 20.6. The summed E-state index contributed by atoms with van der Waals surface area (Å²) >= 11 is 0. The monoisotopic (exact) mass is 481 g/mol. The number of aromatic nitrogens is 3. The summed E-state index contributed by atoms with van der Waals surface area (Å²) in [6.45, 7) is 4.26. The molecular weight excluding hydrogens is 454 g/mol. The zero-order valence-corrected chi connectivity index (χ0v) is 20.6. The van der Waals surface area contributed by atoms with Gasteiger partial charge in [0.1, 0.15) is 17.1 Å². The summed E-state index contributed by atoms with van der Waals surface area (Å²) in [7, 11) is 3.32. The third kappa shape index (κ3) is 4.11. The van der Waals surface area contributed by atoms with E-state index in [1.165, 1.54) is 5.56 Å². The molecule has 2 amide bonds. The summed E-state index contributed by atoms with van der Waals surface area (Å²) in [6.07, 6.45) is 2.63. The Balaban J connectivity index is 1.55. The van der Waals surface area contributed by atoms with Gasteiger partial charge in [-0.05, 0) is 41.3 Å². The highest BCUT2D eigenvalue weighted by Gasteiger charge is 2.31. The van der Waals surface area contributed by atoms with Gasteiger partial charge in [0.25, 0.3) is 11.8 Å². The highest BCUT2D eigenvalue weighted by atomic mass is 16.5. The Hall–Kier alpha value is -4.46. The van der Waals surface area contributed by atoms with Crippen molar-refractivity contribution in [3.05, 3.63) is 83.8 Å². The fourth-order valence-electron chi connectivity index (χ4n) is 4.43. The number of benzene rings is 2. The summed E-state index contributed by atoms with van der Waals surface area (Å²) in [5.74, 6) is 0.461. The minimum atomic E-state index is -0.739. The van der Waals surface area contributed by atoms with Gasteiger partial charge >= 0.3 is 0 Å². The number of hydrogen-bond acceptors (Lipinski definition) is 5. The molecule has 5 rings (SSSR count). The second-order valence-corrected chi connectivity index (χ2v) is 9.03. The van der Waals surface area contributed by atoms with E-state index in [9.17, 15) is 9.59 Å². The van der Waals surface area contributed by atoms with Gasteiger partial charge < -0.3 is 15.4 Å². The lowest BCUT2D eigenvalue weighted by molar-refractivity contribution is -0.123. The van der Waals surface area contributed by atoms with Crippen LogP contribution in [-0.4, -0.2) is 33.6 Å². The molecule has 1 aliphatic heterocycles. The van der Waals surface area contributed by atoms with Crippen molar-refractivity contribution >= 4 is 17.5 Å². The maximum atomic E-state index is 13.0. The predicted octanol–water partition coefficient (Wildman–Crippen LogP) is 4.70. The van der Waals surface area contributed by atoms with Gasteiger partial charge in [0.15, 0.2) is 0 Å². The molecule has 36 heavy (non-hydrogen) atoms. The first-order valence-electron chi connectivity index (χ1n) is 11.8. The van der Waals surface area contributed by atoms with Crippen molar-refractivity contribution in [2.45, 2.75) is 25.9 Å². The Kier molecular flexibility index (Phi) is 6.01. The van der Waals surface area contributed by atoms with Crippen LogP contribution in [0.1, 0.15) is 47.5 Å². The number of amides is 2. The topological polar surface area (TPSA) is 98.1 Å². The largest absolute Gasteiger partial charge is 0.474 e. The molecule has 1 atom stereocenters. The molecule has 182 valence electrons. The summed E-state index contributed by atoms with van der Waals surface area (Å²) in [6, 6.07) is 17.1. The second-order valence-electron chi connectivity index (χ2n) is 9.03. The molecule has 0 bridgehead atoms. The summed E-state index contributed by atoms with van der Waals surface area (Å²) < 4.78 is 7.68. The first-order valence-corrected chi connectivity index (χ1v) is 11.8. The first-order chi connectivity index (χ1) is 17.4. The van der Waals surface area contributed by atoms with E-state index in [-0.39, 0.29) is 11.8 Å². The molecule has 0 fully saturated rings. The van der Waals surface area contributed by atoms with E-state index >= 15 is 0 Å². The smallest absolute Gasteiger partial charge is 0.270 e. The van der Waals surface area contributed by atoms with E-state index in [4.69, 9.17) is 4.74 Å². The van der Waals surface area contributed by atoms with Gasteiger partial charge in [-0.3, -0.25) is 19.3 Å². The molecule has 0 aliphatic carbocycles. The van der Waals surface area contributed by atoms with Crippen molar-refractivity contribution in [1.29, 1.82) is 0 Å². The highest BCUT2D eigenvalue weighted by Crippen LogP contribution is 2.41. The molecule has 3 heterocycles. The van der Waals surface area contributed by atoms with Crippen LogP contribution < -0.4 is 15.4 Å². The van der Waals surface area contributed by atoms with Crippen LogP contribution in [0.4, 0.5) is 5.69 Å². The third-order valence-electron chi connectivity index (χ3n) is 6.36. The number of nitrogens with zero attached hydrogens (tertiary/aromatic N) is 3. The van der Waals surface area contributed by atoms with E-state index < -0.39 is 6.10 Å². The standard InChI is InChI=1S/C28H27N5O3/c1-16(2)17-5-7-19(8-6-17)26-28(35)31-21-15-20(9-10-22(21)36-26)23-24(18-11-13-30-14-12-18)32-33(4)25(23)27(34)29-3/h5-16,26H,1-4H3,(H,29,34)(H,31,35). The van der Waals surface area contributed by atoms with Crippen LogP contribution in [0.2, 0.25) is 0 Å². The van der Waals surface area contributed by atoms with E-state index in [0.717, 1.165) is 16.7 Å². The number of carbonyl (C=O) groups is 2. The number of pyridine rings is 1. The summed E-state index contributed by atoms with van der Waals surface area (Å²) in [4.78, 5) is 29.9. The average molecular weight is 482 g/mol. The quantitative estimate of drug-likeness (QED) is 0.430. The number of anilines is 1. The number of rotatable bonds is 5. The minimum absolute atomic E-state index is 0.246. The molecule has 2 N–H and O–H groups in total. The molecule has 1 aliphatic rings. The van der Waals surface area contributed by atoms with Crippen LogP contribution in [0.3, 0.4) is 0 Å². The van der Waals surface area contributed by atoms with E-state index in [2.05, 4.69) is 34.6 Å². The molecule has 8 heteroatoms. The van der Waals surface area contributed by atoms with Gasteiger partial charge in [0.05, 0.1) is 5.69 Å². The molecule has 1 unspecified atom stereocenters. The molecule has 0 saturated carbocycles. The molecule has 0 saturated heterocycles. The average Bonchev–Trinajstić information content (AvgIpc) is 3.25. The van der Waals surface area contributed by atoms with E-state index in [1.807, 2.05) is 54.6 Å². The fourth-order valence-corrected chi connectivity index (χ4v) is 4.43. The van der Waals surface area contributed by atoms with Gasteiger partial charge in [0.2, 0.25) is 6.10 Å². The van der Waals surface area contributed by atoms with Gasteiger partial charge in [-0.2, -0.15) is 5.10 Å². The lowest BCUT2D eigenvalue weighted by Gasteiger charge is -2.27. The van der Waals surface area contributed by atoms with Crippen molar-refractivity contribution < 1.29 is 14.3 Å². The Morgan fingerprint density at radius 1 is 1.06 bits per heavy atom. The van der Waals surface area contributed by atoms with E-state index in [0.29, 0.717) is 34.3 Å². The third-order valence-corrected chi connectivity index (χ3v) is 6.36. The van der Waals surface area contributed by atoms with Crippen molar-refractivity contribution in [3.8, 4) is 28.1 Å². The van der Waals surface area contributed by atoms with Crippen LogP contribution in [-0.2, 0) is 11.8 Å². The van der Waals surface area contributed by atoms with Crippen LogP contribution in [0.15, 0.2) is 67.0 Å². The number of fused-ring (bicyclic) bond motifs is 1. The van der Waals surface area contributed by atoms with E-state index in [1.54, 1.807) is 31.2 Å². The van der Waals surface area contributed by atoms with Crippen molar-refractivity contribution in [2.24, 2.45) is 7.05 Å². The lowest BCUT2D eigenvalue weighted by atomic mass is 9.97. The van der Waals surface area contributed by atoms with Crippen molar-refractivity contribution in [3.63, 3.8) is 0 Å². The van der Waals surface area contributed by atoms with Crippen LogP contribution in [0.5, 0.6) is 5.75 Å². The Morgan fingerprint density at radius 3 is 2.44 bits per heavy atom. The van der Waals surface area contributed by atoms with Gasteiger partial charge in [-0.25, -0.2) is 0 Å². The molecular formula is C28H27N5O3. The van der Waals surface area contributed by atoms with Crippen LogP contribution >= 0.6 is 0 Å². The van der Waals surface area contributed by atoms with Crippen molar-refractivity contribution in [1.82, 2.24) is 20.1 Å². The Bertz CT molecular complexity index is 1440. The van der Waals surface area contributed by atoms with Gasteiger partial charge in [-0.1, -0.05) is 44.2 Å². The number of carbonyl (C=O) groups excluding carboxylic acids is 2. The predicted molar refractivity (Wildman–Crippen MR) is 138 cm³/mol. The molecule has 2 aromatic carbocycles. The zero-order chi connectivity index (χ0) is 25.4. The Labute approximate surface area is 209 Å². The fraction of sp³-hybridized carbons (Fsp3) is 0.214. The highest BCUT2D eigenvalue weighted by molar-refractivity contribution is 6.04. The molecule has 0 radical (unpaired) electrons. The number of aryl methyl sites for hydroxylation is 1. The molecule has 2 aromatic heterocycles. The minimum Gasteiger partial charge on any atom is -0.474 e. The maximum Gasteiger partial charge on any atom is 0.270 e. The van der Waals surface area contributed by atoms with Crippen LogP contribution in [0, 0.1) is 0 Å². The molecule has 8 nitrogen and oxygen atoms in total. The maximum absolute atomic E-state index is 13.0. The van der Waals surface area contributed by atoms with Crippen LogP contribution in [0.25, 0.3) is 22.4 Å². The molecule has 0 spiro atoms. The van der Waals surface area contributed by atoms with Gasteiger partial charge in [-0.15, -0.1) is 0 Å². The second kappa shape index (κ2) is 9.30. The lowest BCUT2D eigenvalue weighted by Crippen LogP contribution is -2.30. The van der Waals surface area contributed by atoms with Gasteiger partial charge in [0, 0.05) is 43.2 Å². The normalized spacial score (nSPS) is 14.7. The SMILES string of the molecule is CNC(=O)c1c(-c2ccc3c(c2)NC(=O)C(c2ccc(C(C)C)cc2)O3)c(-c2ccncc2)nn1C. The van der Waals surface area contributed by atoms with Crippen molar-refractivity contribution in [2.75, 3.05) is 12.4 Å². The summed E-state index contributed by atoms with van der Waals surface area (Å²) in [5, 5.41) is 10.3. The molecule has 4 aromatic rings. The Morgan fingerprint density at radius 2 is 1.78 bits per heavy atom. The number of hydrogen-bond donors (Lipinski definition) is 2. The number of ether oxygens (including phenoxy) is 1. The first kappa shape index (κ1) is 23.3. The number of nitrogens with one attached hydrogen (secondary N) is 2. The summed E-state index contributed by atoms with van der Waals surface area (Å²) in [5.41, 5.74) is 5.81.